The van der Waals surface area contributed by atoms with Gasteiger partial charge in [0.25, 0.3) is 0 Å². The summed E-state index contributed by atoms with van der Waals surface area (Å²) in [6.07, 6.45) is -22.8. The Hall–Kier alpha value is -2.18. The molecule has 0 spiro atoms. The van der Waals surface area contributed by atoms with Gasteiger partial charge in [0.05, 0.1) is 11.1 Å². The van der Waals surface area contributed by atoms with E-state index in [4.69, 9.17) is 0 Å². The Morgan fingerprint density at radius 3 is 1.03 bits per heavy atom. The van der Waals surface area contributed by atoms with E-state index in [1.54, 1.807) is 0 Å². The number of halogens is 20. The van der Waals surface area contributed by atoms with Crippen LogP contribution in [0, 0.1) is 11.6 Å². The van der Waals surface area contributed by atoms with Crippen LogP contribution in [0.1, 0.15) is 22.3 Å². The number of rotatable bonds is 2. The first-order valence-electron chi connectivity index (χ1n) is 7.53. The summed E-state index contributed by atoms with van der Waals surface area (Å²) < 4.78 is 268. The second-order valence-corrected chi connectivity index (χ2v) is 6.58. The molecule has 1 atom stereocenters. The summed E-state index contributed by atoms with van der Waals surface area (Å²) in [7, 11) is 0. The van der Waals surface area contributed by atoms with E-state index in [0.29, 0.717) is 0 Å². The second kappa shape index (κ2) is 6.73. The third kappa shape index (κ3) is 3.00. The van der Waals surface area contributed by atoms with Crippen LogP contribution in [-0.4, -0.2) is 24.5 Å². The molecule has 1 aliphatic rings. The van der Waals surface area contributed by atoms with Gasteiger partial charge in [-0.1, -0.05) is 0 Å². The van der Waals surface area contributed by atoms with E-state index in [-0.39, 0.29) is 0 Å². The molecule has 196 valence electrons. The number of benzene rings is 1. The van der Waals surface area contributed by atoms with Gasteiger partial charge in [0.2, 0.25) is 0 Å². The van der Waals surface area contributed by atoms with Crippen LogP contribution in [0.2, 0.25) is 0 Å². The Morgan fingerprint density at radius 2 is 0.765 bits per heavy atom. The first kappa shape index (κ1) is 28.1. The lowest BCUT2D eigenvalue weighted by atomic mass is 9.84. The Labute approximate surface area is 171 Å². The van der Waals surface area contributed by atoms with E-state index in [1.165, 1.54) is 0 Å². The normalized spacial score (nSPS) is 23.3. The van der Waals surface area contributed by atoms with Gasteiger partial charge in [0.1, 0.15) is 0 Å². The molecular weight excluding hydrogens is 548 g/mol. The molecule has 1 aliphatic carbocycles. The lowest BCUT2D eigenvalue weighted by Gasteiger charge is -2.33. The highest BCUT2D eigenvalue weighted by atomic mass is 19.4. The van der Waals surface area contributed by atoms with Crippen LogP contribution >= 0.6 is 0 Å². The van der Waals surface area contributed by atoms with Gasteiger partial charge in [-0.25, -0.2) is 13.2 Å². The third-order valence-corrected chi connectivity index (χ3v) is 4.60. The van der Waals surface area contributed by atoms with Gasteiger partial charge in [-0.05, 0) is 0 Å². The molecule has 0 radical (unpaired) electrons. The highest BCUT2D eigenvalue weighted by molar-refractivity contribution is 5.59. The van der Waals surface area contributed by atoms with Crippen LogP contribution < -0.4 is 0 Å². The van der Waals surface area contributed by atoms with Crippen LogP contribution in [0.15, 0.2) is 0 Å². The van der Waals surface area contributed by atoms with E-state index < -0.39 is 81.8 Å². The molecule has 0 saturated heterocycles. The SMILES string of the molecule is Fc1c(F)c(C(F)(F)C(F)(F)F)c2c(c1C(F)(F)C(F)(F)F)C(F)(F)C(F)(F)C2(F)C(F)(F)F. The Kier molecular flexibility index (Phi) is 5.55. The zero-order valence-corrected chi connectivity index (χ0v) is 14.6. The van der Waals surface area contributed by atoms with Crippen LogP contribution in [0.25, 0.3) is 0 Å². The van der Waals surface area contributed by atoms with Crippen molar-refractivity contribution in [2.75, 3.05) is 0 Å². The van der Waals surface area contributed by atoms with E-state index in [0.717, 1.165) is 0 Å². The summed E-state index contributed by atoms with van der Waals surface area (Å²) >= 11 is 0. The fourth-order valence-electron chi connectivity index (χ4n) is 3.07. The molecule has 1 aromatic carbocycles. The molecule has 1 aromatic rings. The average Bonchev–Trinajstić information content (AvgIpc) is 2.69. The van der Waals surface area contributed by atoms with Crippen LogP contribution in [0.4, 0.5) is 87.8 Å². The zero-order valence-electron chi connectivity index (χ0n) is 14.6. The Balaban J connectivity index is 3.46. The summed E-state index contributed by atoms with van der Waals surface area (Å²) in [4.78, 5) is 0. The van der Waals surface area contributed by atoms with E-state index >= 15 is 0 Å². The Morgan fingerprint density at radius 1 is 0.471 bits per heavy atom. The third-order valence-electron chi connectivity index (χ3n) is 4.60. The fourth-order valence-corrected chi connectivity index (χ4v) is 3.07. The molecule has 0 aromatic heterocycles. The molecule has 0 amide bonds. The molecule has 0 heterocycles. The number of hydrogen-bond acceptors (Lipinski definition) is 0. The van der Waals surface area contributed by atoms with Crippen molar-refractivity contribution in [3.63, 3.8) is 0 Å². The number of alkyl halides is 18. The first-order valence-corrected chi connectivity index (χ1v) is 7.53. The smallest absolute Gasteiger partial charge is 0.221 e. The average molecular weight is 548 g/mol. The summed E-state index contributed by atoms with van der Waals surface area (Å²) in [5, 5.41) is 0. The van der Waals surface area contributed by atoms with Gasteiger partial charge in [-0.15, -0.1) is 0 Å². The summed E-state index contributed by atoms with van der Waals surface area (Å²) in [6, 6.07) is 0. The van der Waals surface area contributed by atoms with E-state index in [1.807, 2.05) is 0 Å². The molecule has 0 N–H and O–H groups in total. The molecule has 2 rings (SSSR count). The van der Waals surface area contributed by atoms with Crippen molar-refractivity contribution in [2.45, 2.75) is 47.9 Å². The quantitative estimate of drug-likeness (QED) is 0.332. The number of fused-ring (bicyclic) bond motifs is 1. The van der Waals surface area contributed by atoms with Crippen LogP contribution in [-0.2, 0) is 23.4 Å². The Bertz CT molecular complexity index is 1000. The highest BCUT2D eigenvalue weighted by Crippen LogP contribution is 2.71. The van der Waals surface area contributed by atoms with Crippen LogP contribution in [0.3, 0.4) is 0 Å². The highest BCUT2D eigenvalue weighted by Gasteiger charge is 2.89. The van der Waals surface area contributed by atoms with Crippen molar-refractivity contribution in [2.24, 2.45) is 0 Å². The minimum atomic E-state index is -7.79. The summed E-state index contributed by atoms with van der Waals surface area (Å²) in [6.45, 7) is 0. The predicted octanol–water partition coefficient (Wildman–Crippen LogP) is 7.74. The van der Waals surface area contributed by atoms with Gasteiger partial charge in [-0.2, -0.15) is 74.6 Å². The van der Waals surface area contributed by atoms with Crippen molar-refractivity contribution < 1.29 is 87.8 Å². The molecule has 0 fully saturated rings. The minimum Gasteiger partial charge on any atom is -0.221 e. The van der Waals surface area contributed by atoms with Crippen LogP contribution in [0.5, 0.6) is 0 Å². The predicted molar refractivity (Wildman–Crippen MR) is 63.9 cm³/mol. The maximum Gasteiger partial charge on any atom is 0.458 e. The number of hydrogen-bond donors (Lipinski definition) is 0. The lowest BCUT2D eigenvalue weighted by Crippen LogP contribution is -2.55. The van der Waals surface area contributed by atoms with Crippen molar-refractivity contribution in [1.29, 1.82) is 0 Å². The van der Waals surface area contributed by atoms with Crippen molar-refractivity contribution in [1.82, 2.24) is 0 Å². The molecule has 0 aliphatic heterocycles. The largest absolute Gasteiger partial charge is 0.458 e. The molecular formula is C14F20. The van der Waals surface area contributed by atoms with Gasteiger partial charge < -0.3 is 0 Å². The van der Waals surface area contributed by atoms with Gasteiger partial charge in [-0.3, -0.25) is 0 Å². The van der Waals surface area contributed by atoms with E-state index in [9.17, 15) is 87.8 Å². The van der Waals surface area contributed by atoms with Crippen molar-refractivity contribution in [3.8, 4) is 0 Å². The monoisotopic (exact) mass is 548 g/mol. The van der Waals surface area contributed by atoms with Gasteiger partial charge in [0.15, 0.2) is 11.6 Å². The molecule has 20 heteroatoms. The standard InChI is InChI=1S/C14F20/c15-5-3(9(20,21)13(29,30)31)1-2(4(6(5)16)10(22,23)14(32,33)34)8(18,19)11(24,25)7(1,17)12(26,27)28. The van der Waals surface area contributed by atoms with Crippen molar-refractivity contribution in [3.05, 3.63) is 33.9 Å². The van der Waals surface area contributed by atoms with E-state index in [2.05, 4.69) is 0 Å². The molecule has 0 saturated carbocycles. The first-order chi connectivity index (χ1) is 14.6. The summed E-state index contributed by atoms with van der Waals surface area (Å²) in [5.41, 5.74) is -26.1. The fraction of sp³-hybridized carbons (Fsp3) is 0.571. The summed E-state index contributed by atoms with van der Waals surface area (Å²) in [5.74, 6) is -39.1. The lowest BCUT2D eigenvalue weighted by molar-refractivity contribution is -0.351. The molecule has 1 unspecified atom stereocenters. The van der Waals surface area contributed by atoms with Crippen molar-refractivity contribution >= 4 is 0 Å². The van der Waals surface area contributed by atoms with Gasteiger partial charge in [0, 0.05) is 11.1 Å². The topological polar surface area (TPSA) is 0 Å². The molecule has 0 bridgehead atoms. The molecule has 0 nitrogen and oxygen atoms in total. The maximum absolute atomic E-state index is 14.6. The zero-order chi connectivity index (χ0) is 27.5. The molecule has 34 heavy (non-hydrogen) atoms. The second-order valence-electron chi connectivity index (χ2n) is 6.58. The minimum absolute atomic E-state index is 4.44. The van der Waals surface area contributed by atoms with Gasteiger partial charge >= 0.3 is 47.9 Å². The maximum atomic E-state index is 14.6.